The van der Waals surface area contributed by atoms with E-state index in [9.17, 15) is 4.79 Å². The highest BCUT2D eigenvalue weighted by Gasteiger charge is 2.17. The number of esters is 1. The number of para-hydroxylation sites is 1. The van der Waals surface area contributed by atoms with Crippen LogP contribution in [-0.4, -0.2) is 19.2 Å². The van der Waals surface area contributed by atoms with Gasteiger partial charge in [-0.05, 0) is 17.7 Å². The average Bonchev–Trinajstić information content (AvgIpc) is 2.52. The van der Waals surface area contributed by atoms with Gasteiger partial charge in [0.1, 0.15) is 24.2 Å². The largest absolute Gasteiger partial charge is 0.490 e. The molecule has 0 spiro atoms. The molecule has 2 aromatic rings. The van der Waals surface area contributed by atoms with Crippen molar-refractivity contribution in [2.45, 2.75) is 5.25 Å². The molecule has 20 heavy (non-hydrogen) atoms. The Balaban J connectivity index is 1.73. The molecule has 0 radical (unpaired) electrons. The maximum atomic E-state index is 11.8. The summed E-state index contributed by atoms with van der Waals surface area (Å²) in [7, 11) is 0. The van der Waals surface area contributed by atoms with Crippen molar-refractivity contribution in [2.75, 3.05) is 13.2 Å². The fourth-order valence-electron chi connectivity index (χ4n) is 1.67. The van der Waals surface area contributed by atoms with Gasteiger partial charge in [-0.2, -0.15) is 12.6 Å². The second kappa shape index (κ2) is 7.60. The minimum atomic E-state index is -0.562. The SMILES string of the molecule is O=C(OCCOc1ccccc1)C(S)c1ccccc1. The maximum Gasteiger partial charge on any atom is 0.323 e. The molecule has 104 valence electrons. The predicted molar refractivity (Wildman–Crippen MR) is 81.1 cm³/mol. The van der Waals surface area contributed by atoms with Gasteiger partial charge in [-0.15, -0.1) is 0 Å². The summed E-state index contributed by atoms with van der Waals surface area (Å²) in [5, 5.41) is -0.562. The summed E-state index contributed by atoms with van der Waals surface area (Å²) in [5.41, 5.74) is 0.824. The van der Waals surface area contributed by atoms with Gasteiger partial charge in [0.15, 0.2) is 0 Å². The van der Waals surface area contributed by atoms with E-state index in [0.29, 0.717) is 6.61 Å². The first-order valence-electron chi connectivity index (χ1n) is 6.35. The monoisotopic (exact) mass is 288 g/mol. The van der Waals surface area contributed by atoms with Gasteiger partial charge in [0, 0.05) is 0 Å². The lowest BCUT2D eigenvalue weighted by Gasteiger charge is -2.11. The maximum absolute atomic E-state index is 11.8. The van der Waals surface area contributed by atoms with Crippen LogP contribution in [0.4, 0.5) is 0 Å². The second-order valence-corrected chi connectivity index (χ2v) is 4.66. The molecule has 0 saturated heterocycles. The standard InChI is InChI=1S/C16H16O3S/c17-16(15(20)13-7-3-1-4-8-13)19-12-11-18-14-9-5-2-6-10-14/h1-10,15,20H,11-12H2. The fraction of sp³-hybridized carbons (Fsp3) is 0.188. The molecule has 1 unspecified atom stereocenters. The van der Waals surface area contributed by atoms with Gasteiger partial charge >= 0.3 is 5.97 Å². The Morgan fingerprint density at radius 3 is 2.20 bits per heavy atom. The summed E-state index contributed by atoms with van der Waals surface area (Å²) in [6.07, 6.45) is 0. The lowest BCUT2D eigenvalue weighted by molar-refractivity contribution is -0.143. The Morgan fingerprint density at radius 1 is 0.950 bits per heavy atom. The van der Waals surface area contributed by atoms with E-state index in [-0.39, 0.29) is 12.6 Å². The van der Waals surface area contributed by atoms with Crippen LogP contribution in [0, 0.1) is 0 Å². The van der Waals surface area contributed by atoms with Crippen LogP contribution in [0.15, 0.2) is 60.7 Å². The third-order valence-corrected chi connectivity index (χ3v) is 3.19. The molecule has 2 rings (SSSR count). The Morgan fingerprint density at radius 2 is 1.55 bits per heavy atom. The molecule has 0 aliphatic rings. The third kappa shape index (κ3) is 4.31. The predicted octanol–water partition coefficient (Wildman–Crippen LogP) is 3.28. The van der Waals surface area contributed by atoms with Crippen molar-refractivity contribution >= 4 is 18.6 Å². The number of hydrogen-bond acceptors (Lipinski definition) is 4. The van der Waals surface area contributed by atoms with Gasteiger partial charge in [-0.3, -0.25) is 4.79 Å². The first-order chi connectivity index (χ1) is 9.77. The van der Waals surface area contributed by atoms with Gasteiger partial charge in [-0.25, -0.2) is 0 Å². The molecule has 0 amide bonds. The van der Waals surface area contributed by atoms with Gasteiger partial charge in [-0.1, -0.05) is 48.5 Å². The molecule has 0 N–H and O–H groups in total. The van der Waals surface area contributed by atoms with Crippen molar-refractivity contribution in [1.29, 1.82) is 0 Å². The lowest BCUT2D eigenvalue weighted by atomic mass is 10.1. The molecule has 2 aromatic carbocycles. The van der Waals surface area contributed by atoms with Crippen molar-refractivity contribution in [3.63, 3.8) is 0 Å². The molecule has 0 bridgehead atoms. The Kier molecular flexibility index (Phi) is 5.50. The van der Waals surface area contributed by atoms with Crippen LogP contribution in [0.25, 0.3) is 0 Å². The van der Waals surface area contributed by atoms with E-state index in [0.717, 1.165) is 11.3 Å². The van der Waals surface area contributed by atoms with Gasteiger partial charge < -0.3 is 9.47 Å². The van der Waals surface area contributed by atoms with Gasteiger partial charge in [0.2, 0.25) is 0 Å². The third-order valence-electron chi connectivity index (χ3n) is 2.68. The van der Waals surface area contributed by atoms with Crippen LogP contribution in [0.2, 0.25) is 0 Å². The van der Waals surface area contributed by atoms with Crippen molar-refractivity contribution in [2.24, 2.45) is 0 Å². The van der Waals surface area contributed by atoms with Gasteiger partial charge in [0.25, 0.3) is 0 Å². The molecular weight excluding hydrogens is 272 g/mol. The zero-order chi connectivity index (χ0) is 14.2. The minimum Gasteiger partial charge on any atom is -0.490 e. The normalized spacial score (nSPS) is 11.7. The first kappa shape index (κ1) is 14.5. The summed E-state index contributed by atoms with van der Waals surface area (Å²) in [6.45, 7) is 0.530. The van der Waals surface area contributed by atoms with E-state index in [4.69, 9.17) is 9.47 Å². The molecule has 3 nitrogen and oxygen atoms in total. The Hall–Kier alpha value is -1.94. The van der Waals surface area contributed by atoms with Crippen molar-refractivity contribution in [1.82, 2.24) is 0 Å². The van der Waals surface area contributed by atoms with Gasteiger partial charge in [0.05, 0.1) is 0 Å². The molecule has 0 fully saturated rings. The number of benzene rings is 2. The van der Waals surface area contributed by atoms with Crippen molar-refractivity contribution < 1.29 is 14.3 Å². The number of hydrogen-bond donors (Lipinski definition) is 1. The van der Waals surface area contributed by atoms with E-state index in [1.807, 2.05) is 60.7 Å². The molecule has 0 aliphatic heterocycles. The van der Waals surface area contributed by atoms with Crippen LogP contribution < -0.4 is 4.74 Å². The zero-order valence-electron chi connectivity index (χ0n) is 10.9. The molecule has 4 heteroatoms. The first-order valence-corrected chi connectivity index (χ1v) is 6.86. The summed E-state index contributed by atoms with van der Waals surface area (Å²) in [4.78, 5) is 11.8. The van der Waals surface area contributed by atoms with E-state index < -0.39 is 5.25 Å². The van der Waals surface area contributed by atoms with Crippen LogP contribution in [0.1, 0.15) is 10.8 Å². The molecule has 0 heterocycles. The van der Waals surface area contributed by atoms with Crippen LogP contribution in [-0.2, 0) is 9.53 Å². The highest BCUT2D eigenvalue weighted by atomic mass is 32.1. The number of thiol groups is 1. The quantitative estimate of drug-likeness (QED) is 0.503. The summed E-state index contributed by atoms with van der Waals surface area (Å²) in [5.74, 6) is 0.394. The number of rotatable bonds is 6. The minimum absolute atomic E-state index is 0.206. The molecule has 1 atom stereocenters. The smallest absolute Gasteiger partial charge is 0.323 e. The molecule has 0 saturated carbocycles. The second-order valence-electron chi connectivity index (χ2n) is 4.14. The average molecular weight is 288 g/mol. The van der Waals surface area contributed by atoms with E-state index in [2.05, 4.69) is 12.6 Å². The van der Waals surface area contributed by atoms with E-state index in [1.54, 1.807) is 0 Å². The summed E-state index contributed by atoms with van der Waals surface area (Å²) in [6, 6.07) is 18.7. The summed E-state index contributed by atoms with van der Waals surface area (Å²) >= 11 is 4.27. The fourth-order valence-corrected chi connectivity index (χ4v) is 1.92. The van der Waals surface area contributed by atoms with Crippen molar-refractivity contribution in [3.05, 3.63) is 66.2 Å². The summed E-state index contributed by atoms with van der Waals surface area (Å²) < 4.78 is 10.6. The molecule has 0 aliphatic carbocycles. The van der Waals surface area contributed by atoms with Crippen LogP contribution in [0.3, 0.4) is 0 Å². The molecule has 0 aromatic heterocycles. The highest BCUT2D eigenvalue weighted by molar-refractivity contribution is 7.81. The number of carbonyl (C=O) groups is 1. The Labute approximate surface area is 123 Å². The Bertz CT molecular complexity index is 528. The number of ether oxygens (including phenoxy) is 2. The zero-order valence-corrected chi connectivity index (χ0v) is 11.8. The molecular formula is C16H16O3S. The van der Waals surface area contributed by atoms with Crippen LogP contribution >= 0.6 is 12.6 Å². The highest BCUT2D eigenvalue weighted by Crippen LogP contribution is 2.20. The topological polar surface area (TPSA) is 35.5 Å². The number of carbonyl (C=O) groups excluding carboxylic acids is 1. The van der Waals surface area contributed by atoms with Crippen LogP contribution in [0.5, 0.6) is 5.75 Å². The lowest BCUT2D eigenvalue weighted by Crippen LogP contribution is -2.16. The van der Waals surface area contributed by atoms with E-state index in [1.165, 1.54) is 0 Å². The van der Waals surface area contributed by atoms with E-state index >= 15 is 0 Å². The van der Waals surface area contributed by atoms with Crippen molar-refractivity contribution in [3.8, 4) is 5.75 Å².